The third-order valence-corrected chi connectivity index (χ3v) is 2.12. The normalized spacial score (nSPS) is 9.81. The van der Waals surface area contributed by atoms with Crippen LogP contribution in [0.2, 0.25) is 5.28 Å². The topological polar surface area (TPSA) is 62.5 Å². The molecule has 0 atom stereocenters. The van der Waals surface area contributed by atoms with Crippen molar-refractivity contribution in [3.63, 3.8) is 0 Å². The van der Waals surface area contributed by atoms with Gasteiger partial charge in [0, 0.05) is 5.69 Å². The number of aromatic nitrogens is 3. The van der Waals surface area contributed by atoms with Gasteiger partial charge in [-0.05, 0) is 36.7 Å². The van der Waals surface area contributed by atoms with Gasteiger partial charge in [-0.15, -0.1) is 0 Å². The van der Waals surface area contributed by atoms with Crippen LogP contribution < -0.4 is 0 Å². The highest BCUT2D eigenvalue weighted by molar-refractivity contribution is 6.28. The van der Waals surface area contributed by atoms with Gasteiger partial charge < -0.3 is 0 Å². The first kappa shape index (κ1) is 10.5. The Balaban J connectivity index is 2.54. The molecule has 0 radical (unpaired) electrons. The molecule has 2 aromatic heterocycles. The second-order valence-corrected chi connectivity index (χ2v) is 3.52. The highest BCUT2D eigenvalue weighted by Crippen LogP contribution is 2.17. The van der Waals surface area contributed by atoms with Crippen LogP contribution in [0.1, 0.15) is 11.4 Å². The number of pyridine rings is 1. The van der Waals surface area contributed by atoms with Crippen LogP contribution in [-0.2, 0) is 0 Å². The minimum atomic E-state index is 0.180. The highest BCUT2D eigenvalue weighted by Gasteiger charge is 2.05. The van der Waals surface area contributed by atoms with Gasteiger partial charge in [-0.3, -0.25) is 0 Å². The Hall–Kier alpha value is -1.99. The van der Waals surface area contributed by atoms with Gasteiger partial charge in [0.2, 0.25) is 5.28 Å². The predicted octanol–water partition coefficient (Wildman–Crippen LogP) is 2.37. The smallest absolute Gasteiger partial charge is 0.223 e. The molecule has 0 aliphatic heterocycles. The molecule has 0 aliphatic carbocycles. The Morgan fingerprint density at radius 1 is 1.19 bits per heavy atom. The van der Waals surface area contributed by atoms with Crippen molar-refractivity contribution in [3.05, 3.63) is 40.9 Å². The van der Waals surface area contributed by atoms with Gasteiger partial charge in [0.25, 0.3) is 0 Å². The fourth-order valence-corrected chi connectivity index (χ4v) is 1.53. The van der Waals surface area contributed by atoms with Gasteiger partial charge in [-0.25, -0.2) is 15.0 Å². The van der Waals surface area contributed by atoms with Crippen molar-refractivity contribution in [2.24, 2.45) is 0 Å². The van der Waals surface area contributed by atoms with E-state index >= 15 is 0 Å². The SMILES string of the molecule is Cc1cc(-c2cccc(C#N)n2)nc(Cl)n1. The molecule has 0 amide bonds. The standard InChI is InChI=1S/C11H7ClN4/c1-7-5-10(16-11(12)14-7)9-4-2-3-8(6-13)15-9/h2-5H,1H3. The third kappa shape index (κ3) is 2.15. The summed E-state index contributed by atoms with van der Waals surface area (Å²) in [7, 11) is 0. The van der Waals surface area contributed by atoms with Gasteiger partial charge in [-0.2, -0.15) is 5.26 Å². The first-order valence-electron chi connectivity index (χ1n) is 4.58. The van der Waals surface area contributed by atoms with Crippen molar-refractivity contribution < 1.29 is 0 Å². The zero-order valence-corrected chi connectivity index (χ0v) is 9.23. The summed E-state index contributed by atoms with van der Waals surface area (Å²) in [5.74, 6) is 0. The van der Waals surface area contributed by atoms with Crippen LogP contribution in [0, 0.1) is 18.3 Å². The zero-order valence-electron chi connectivity index (χ0n) is 8.48. The van der Waals surface area contributed by atoms with Gasteiger partial charge in [0.15, 0.2) is 0 Å². The molecule has 0 saturated heterocycles. The minimum Gasteiger partial charge on any atom is -0.235 e. The molecule has 0 saturated carbocycles. The van der Waals surface area contributed by atoms with Crippen molar-refractivity contribution >= 4 is 11.6 Å². The highest BCUT2D eigenvalue weighted by atomic mass is 35.5. The zero-order chi connectivity index (χ0) is 11.5. The van der Waals surface area contributed by atoms with Crippen molar-refractivity contribution in [2.75, 3.05) is 0 Å². The number of aryl methyl sites for hydroxylation is 1. The monoisotopic (exact) mass is 230 g/mol. The van der Waals surface area contributed by atoms with E-state index in [4.69, 9.17) is 16.9 Å². The summed E-state index contributed by atoms with van der Waals surface area (Å²) in [4.78, 5) is 12.2. The first-order chi connectivity index (χ1) is 7.69. The minimum absolute atomic E-state index is 0.180. The molecule has 0 aromatic carbocycles. The average Bonchev–Trinajstić information content (AvgIpc) is 2.28. The molecule has 0 spiro atoms. The first-order valence-corrected chi connectivity index (χ1v) is 4.95. The lowest BCUT2D eigenvalue weighted by Gasteiger charge is -2.01. The van der Waals surface area contributed by atoms with Crippen LogP contribution in [0.5, 0.6) is 0 Å². The quantitative estimate of drug-likeness (QED) is 0.706. The summed E-state index contributed by atoms with van der Waals surface area (Å²) in [6, 6.07) is 8.92. The Morgan fingerprint density at radius 3 is 2.69 bits per heavy atom. The number of nitriles is 1. The molecule has 78 valence electrons. The Morgan fingerprint density at radius 2 is 2.00 bits per heavy atom. The van der Waals surface area contributed by atoms with Crippen LogP contribution in [0.3, 0.4) is 0 Å². The molecule has 0 aliphatic rings. The van der Waals surface area contributed by atoms with E-state index in [1.54, 1.807) is 24.3 Å². The van der Waals surface area contributed by atoms with Crippen LogP contribution >= 0.6 is 11.6 Å². The largest absolute Gasteiger partial charge is 0.235 e. The lowest BCUT2D eigenvalue weighted by Crippen LogP contribution is -1.93. The average molecular weight is 231 g/mol. The van der Waals surface area contributed by atoms with Gasteiger partial charge in [0.1, 0.15) is 11.8 Å². The molecule has 0 fully saturated rings. The summed E-state index contributed by atoms with van der Waals surface area (Å²) in [5, 5.41) is 8.93. The number of hydrogen-bond donors (Lipinski definition) is 0. The predicted molar refractivity (Wildman–Crippen MR) is 59.7 cm³/mol. The lowest BCUT2D eigenvalue weighted by molar-refractivity contribution is 1.09. The maximum Gasteiger partial charge on any atom is 0.223 e. The van der Waals surface area contributed by atoms with Gasteiger partial charge in [0.05, 0.1) is 11.4 Å². The van der Waals surface area contributed by atoms with Crippen LogP contribution in [0.4, 0.5) is 0 Å². The van der Waals surface area contributed by atoms with Crippen LogP contribution in [0.15, 0.2) is 24.3 Å². The van der Waals surface area contributed by atoms with Crippen molar-refractivity contribution in [1.82, 2.24) is 15.0 Å². The van der Waals surface area contributed by atoms with E-state index in [-0.39, 0.29) is 5.28 Å². The summed E-state index contributed by atoms with van der Waals surface area (Å²) >= 11 is 5.76. The molecule has 4 nitrogen and oxygen atoms in total. The maximum atomic E-state index is 8.75. The Kier molecular flexibility index (Phi) is 2.80. The van der Waals surface area contributed by atoms with E-state index in [1.807, 2.05) is 13.0 Å². The molecule has 5 heteroatoms. The van der Waals surface area contributed by atoms with Crippen LogP contribution in [0.25, 0.3) is 11.4 Å². The van der Waals surface area contributed by atoms with E-state index in [0.717, 1.165) is 5.69 Å². The summed E-state index contributed by atoms with van der Waals surface area (Å²) in [6.45, 7) is 1.82. The summed E-state index contributed by atoms with van der Waals surface area (Å²) in [6.07, 6.45) is 0. The van der Waals surface area contributed by atoms with E-state index in [2.05, 4.69) is 15.0 Å². The molecule has 0 N–H and O–H groups in total. The number of rotatable bonds is 1. The second-order valence-electron chi connectivity index (χ2n) is 3.18. The third-order valence-electron chi connectivity index (χ3n) is 1.95. The van der Waals surface area contributed by atoms with E-state index in [1.165, 1.54) is 0 Å². The van der Waals surface area contributed by atoms with Crippen LogP contribution in [-0.4, -0.2) is 15.0 Å². The molecular weight excluding hydrogens is 224 g/mol. The Labute approximate surface area is 97.6 Å². The van der Waals surface area contributed by atoms with E-state index in [0.29, 0.717) is 17.1 Å². The second kappa shape index (κ2) is 4.25. The fraction of sp³-hybridized carbons (Fsp3) is 0.0909. The van der Waals surface area contributed by atoms with Gasteiger partial charge >= 0.3 is 0 Å². The number of halogens is 1. The lowest BCUT2D eigenvalue weighted by atomic mass is 10.2. The van der Waals surface area contributed by atoms with Gasteiger partial charge in [-0.1, -0.05) is 6.07 Å². The molecule has 2 aromatic rings. The van der Waals surface area contributed by atoms with Crippen molar-refractivity contribution in [3.8, 4) is 17.5 Å². The Bertz CT molecular complexity index is 554. The fourth-order valence-electron chi connectivity index (χ4n) is 1.30. The summed E-state index contributed by atoms with van der Waals surface area (Å²) < 4.78 is 0. The van der Waals surface area contributed by atoms with E-state index in [9.17, 15) is 0 Å². The molecule has 2 rings (SSSR count). The van der Waals surface area contributed by atoms with E-state index < -0.39 is 0 Å². The molecule has 0 unspecified atom stereocenters. The number of nitrogens with zero attached hydrogens (tertiary/aromatic N) is 4. The number of hydrogen-bond acceptors (Lipinski definition) is 4. The molecular formula is C11H7ClN4. The molecule has 16 heavy (non-hydrogen) atoms. The van der Waals surface area contributed by atoms with Crippen molar-refractivity contribution in [2.45, 2.75) is 6.92 Å². The molecule has 2 heterocycles. The maximum absolute atomic E-state index is 8.75. The summed E-state index contributed by atoms with van der Waals surface area (Å²) in [5.41, 5.74) is 2.35. The molecule has 0 bridgehead atoms. The van der Waals surface area contributed by atoms with Crippen molar-refractivity contribution in [1.29, 1.82) is 5.26 Å².